The molecule has 1 aromatic heterocycles. The maximum absolute atomic E-state index is 11.7. The number of nitrogens with one attached hydrogen (secondary N) is 1. The maximum Gasteiger partial charge on any atom is 0.328 e. The first kappa shape index (κ1) is 13.5. The molecule has 1 saturated heterocycles. The predicted octanol–water partition coefficient (Wildman–Crippen LogP) is -1.80. The highest BCUT2D eigenvalue weighted by atomic mass is 16.5. The number of aliphatic hydroxyl groups is 2. The summed E-state index contributed by atoms with van der Waals surface area (Å²) in [5.41, 5.74) is -1.18. The molecule has 2 heterocycles. The number of ether oxygens (including phenoxy) is 1. The van der Waals surface area contributed by atoms with Crippen LogP contribution in [-0.2, 0) is 4.74 Å². The molecule has 1 aromatic rings. The molecular weight excluding hydrogens is 252 g/mol. The second kappa shape index (κ2) is 5.40. The topological polar surface area (TPSA) is 105 Å². The van der Waals surface area contributed by atoms with Crippen molar-refractivity contribution in [2.75, 3.05) is 13.2 Å². The Morgan fingerprint density at radius 2 is 2.32 bits per heavy atom. The van der Waals surface area contributed by atoms with Gasteiger partial charge in [0.15, 0.2) is 0 Å². The van der Waals surface area contributed by atoms with Gasteiger partial charge >= 0.3 is 5.69 Å². The van der Waals surface area contributed by atoms with Crippen molar-refractivity contribution in [2.45, 2.75) is 24.7 Å². The van der Waals surface area contributed by atoms with Crippen LogP contribution >= 0.6 is 0 Å². The fourth-order valence-corrected chi connectivity index (χ4v) is 2.07. The van der Waals surface area contributed by atoms with Gasteiger partial charge in [0.25, 0.3) is 5.56 Å². The van der Waals surface area contributed by atoms with Crippen LogP contribution in [0.25, 0.3) is 0 Å². The molecule has 1 aliphatic rings. The molecule has 1 aliphatic heterocycles. The zero-order valence-electron chi connectivity index (χ0n) is 10.1. The lowest BCUT2D eigenvalue weighted by atomic mass is 10.0. The SMILES string of the molecule is C#Cc1cn([C@@H]2CO[C@H](CO)[C@@H](O)C2)c(=O)[nH]c1=O. The van der Waals surface area contributed by atoms with Gasteiger partial charge in [-0.25, -0.2) is 4.79 Å². The lowest BCUT2D eigenvalue weighted by molar-refractivity contribution is -0.113. The number of hydrogen-bond acceptors (Lipinski definition) is 5. The van der Waals surface area contributed by atoms with E-state index in [-0.39, 0.29) is 25.2 Å². The van der Waals surface area contributed by atoms with Crippen molar-refractivity contribution in [3.8, 4) is 12.3 Å². The summed E-state index contributed by atoms with van der Waals surface area (Å²) in [4.78, 5) is 25.2. The van der Waals surface area contributed by atoms with Gasteiger partial charge in [-0.15, -0.1) is 6.42 Å². The lowest BCUT2D eigenvalue weighted by Gasteiger charge is -2.33. The zero-order valence-corrected chi connectivity index (χ0v) is 10.1. The van der Waals surface area contributed by atoms with Gasteiger partial charge < -0.3 is 14.9 Å². The molecule has 0 radical (unpaired) electrons. The molecule has 0 amide bonds. The Morgan fingerprint density at radius 1 is 1.58 bits per heavy atom. The Kier molecular flexibility index (Phi) is 3.85. The van der Waals surface area contributed by atoms with E-state index in [4.69, 9.17) is 16.3 Å². The number of terminal acetylenes is 1. The first-order valence-corrected chi connectivity index (χ1v) is 5.79. The van der Waals surface area contributed by atoms with Crippen molar-refractivity contribution < 1.29 is 14.9 Å². The third kappa shape index (κ3) is 2.61. The van der Waals surface area contributed by atoms with Crippen LogP contribution in [0.2, 0.25) is 0 Å². The number of aliphatic hydroxyl groups excluding tert-OH is 2. The van der Waals surface area contributed by atoms with Crippen LogP contribution in [0.15, 0.2) is 15.8 Å². The van der Waals surface area contributed by atoms with E-state index in [1.165, 1.54) is 10.8 Å². The summed E-state index contributed by atoms with van der Waals surface area (Å²) in [7, 11) is 0. The third-order valence-electron chi connectivity index (χ3n) is 3.14. The van der Waals surface area contributed by atoms with Gasteiger partial charge in [0.1, 0.15) is 11.7 Å². The van der Waals surface area contributed by atoms with Crippen LogP contribution in [0.5, 0.6) is 0 Å². The maximum atomic E-state index is 11.7. The van der Waals surface area contributed by atoms with Crippen molar-refractivity contribution in [2.24, 2.45) is 0 Å². The van der Waals surface area contributed by atoms with Crippen LogP contribution < -0.4 is 11.2 Å². The number of aromatic nitrogens is 2. The highest BCUT2D eigenvalue weighted by Crippen LogP contribution is 2.22. The fourth-order valence-electron chi connectivity index (χ4n) is 2.07. The summed E-state index contributed by atoms with van der Waals surface area (Å²) in [5, 5.41) is 18.7. The van der Waals surface area contributed by atoms with E-state index in [1.807, 2.05) is 0 Å². The summed E-state index contributed by atoms with van der Waals surface area (Å²) >= 11 is 0. The van der Waals surface area contributed by atoms with E-state index in [0.29, 0.717) is 0 Å². The molecule has 102 valence electrons. The summed E-state index contributed by atoms with van der Waals surface area (Å²) in [6, 6.07) is -0.436. The molecule has 0 aromatic carbocycles. The Bertz CT molecular complexity index is 612. The van der Waals surface area contributed by atoms with Crippen molar-refractivity contribution in [3.05, 3.63) is 32.6 Å². The first-order chi connectivity index (χ1) is 9.06. The smallest absolute Gasteiger partial charge is 0.328 e. The van der Waals surface area contributed by atoms with Gasteiger partial charge in [-0.3, -0.25) is 14.3 Å². The van der Waals surface area contributed by atoms with Crippen molar-refractivity contribution >= 4 is 0 Å². The predicted molar refractivity (Wildman–Crippen MR) is 65.7 cm³/mol. The number of aromatic amines is 1. The van der Waals surface area contributed by atoms with Crippen molar-refractivity contribution in [3.63, 3.8) is 0 Å². The first-order valence-electron chi connectivity index (χ1n) is 5.79. The summed E-state index contributed by atoms with van der Waals surface area (Å²) in [5.74, 6) is 2.19. The molecule has 3 atom stereocenters. The molecule has 7 nitrogen and oxygen atoms in total. The normalized spacial score (nSPS) is 26.9. The Labute approximate surface area is 108 Å². The molecule has 19 heavy (non-hydrogen) atoms. The summed E-state index contributed by atoms with van der Waals surface area (Å²) in [6.07, 6.45) is 5.16. The highest BCUT2D eigenvalue weighted by molar-refractivity contribution is 5.26. The van der Waals surface area contributed by atoms with Crippen LogP contribution in [0.1, 0.15) is 18.0 Å². The van der Waals surface area contributed by atoms with Crippen molar-refractivity contribution in [1.82, 2.24) is 9.55 Å². The van der Waals surface area contributed by atoms with E-state index >= 15 is 0 Å². The summed E-state index contributed by atoms with van der Waals surface area (Å²) in [6.45, 7) is -0.137. The van der Waals surface area contributed by atoms with E-state index in [0.717, 1.165) is 0 Å². The van der Waals surface area contributed by atoms with E-state index in [9.17, 15) is 14.7 Å². The van der Waals surface area contributed by atoms with E-state index in [2.05, 4.69) is 10.9 Å². The molecule has 0 aliphatic carbocycles. The largest absolute Gasteiger partial charge is 0.394 e. The van der Waals surface area contributed by atoms with Gasteiger partial charge in [-0.05, 0) is 6.42 Å². The Hall–Kier alpha value is -1.88. The molecule has 7 heteroatoms. The van der Waals surface area contributed by atoms with Crippen LogP contribution in [0.4, 0.5) is 0 Å². The average Bonchev–Trinajstić information content (AvgIpc) is 2.39. The molecule has 0 spiro atoms. The monoisotopic (exact) mass is 266 g/mol. The van der Waals surface area contributed by atoms with Crippen molar-refractivity contribution in [1.29, 1.82) is 0 Å². The van der Waals surface area contributed by atoms with E-state index < -0.39 is 29.5 Å². The second-order valence-corrected chi connectivity index (χ2v) is 4.36. The molecular formula is C12H14N2O5. The molecule has 0 bridgehead atoms. The third-order valence-corrected chi connectivity index (χ3v) is 3.14. The van der Waals surface area contributed by atoms with Crippen LogP contribution in [-0.4, -0.2) is 45.2 Å². The van der Waals surface area contributed by atoms with Gasteiger partial charge in [0.2, 0.25) is 0 Å². The van der Waals surface area contributed by atoms with Gasteiger partial charge in [-0.2, -0.15) is 0 Å². The number of hydrogen-bond donors (Lipinski definition) is 3. The van der Waals surface area contributed by atoms with Gasteiger partial charge in [-0.1, -0.05) is 5.92 Å². The average molecular weight is 266 g/mol. The molecule has 3 N–H and O–H groups in total. The number of rotatable bonds is 2. The minimum absolute atomic E-state index is 0.0402. The number of nitrogens with zero attached hydrogens (tertiary/aromatic N) is 1. The highest BCUT2D eigenvalue weighted by Gasteiger charge is 2.31. The van der Waals surface area contributed by atoms with Gasteiger partial charge in [0, 0.05) is 6.20 Å². The quantitative estimate of drug-likeness (QED) is 0.548. The number of H-pyrrole nitrogens is 1. The fraction of sp³-hybridized carbons (Fsp3) is 0.500. The molecule has 0 saturated carbocycles. The molecule has 2 rings (SSSR count). The Morgan fingerprint density at radius 3 is 2.89 bits per heavy atom. The molecule has 0 unspecified atom stereocenters. The second-order valence-electron chi connectivity index (χ2n) is 4.36. The standard InChI is InChI=1S/C12H14N2O5/c1-2-7-4-14(12(18)13-11(7)17)8-3-9(16)10(5-15)19-6-8/h1,4,8-10,15-16H,3,5-6H2,(H,13,17,18)/t8-,9-,10+/m0/s1. The minimum Gasteiger partial charge on any atom is -0.394 e. The zero-order chi connectivity index (χ0) is 14.0. The van der Waals surface area contributed by atoms with Crippen LogP contribution in [0, 0.1) is 12.3 Å². The van der Waals surface area contributed by atoms with Crippen LogP contribution in [0.3, 0.4) is 0 Å². The van der Waals surface area contributed by atoms with E-state index in [1.54, 1.807) is 0 Å². The lowest BCUT2D eigenvalue weighted by Crippen LogP contribution is -2.44. The Balaban J connectivity index is 2.31. The molecule has 1 fully saturated rings. The summed E-state index contributed by atoms with van der Waals surface area (Å²) < 4.78 is 6.51. The van der Waals surface area contributed by atoms with Gasteiger partial charge in [0.05, 0.1) is 25.4 Å². The minimum atomic E-state index is -0.878.